The number of thioether (sulfide) groups is 1. The number of amides is 1. The van der Waals surface area contributed by atoms with Crippen molar-refractivity contribution in [1.29, 1.82) is 0 Å². The summed E-state index contributed by atoms with van der Waals surface area (Å²) in [6.45, 7) is 14.8. The molecule has 1 aliphatic heterocycles. The molecule has 0 aliphatic carbocycles. The normalized spacial score (nSPS) is 17.0. The molecule has 0 saturated heterocycles. The van der Waals surface area contributed by atoms with Crippen molar-refractivity contribution in [2.45, 2.75) is 37.9 Å². The van der Waals surface area contributed by atoms with Crippen LogP contribution >= 0.6 is 11.8 Å². The molecule has 6 heteroatoms. The fourth-order valence-electron chi connectivity index (χ4n) is 2.57. The number of fused-ring (bicyclic) bond motifs is 1. The molecule has 1 unspecified atom stereocenters. The highest BCUT2D eigenvalue weighted by molar-refractivity contribution is 7.99. The number of aromatic nitrogens is 2. The van der Waals surface area contributed by atoms with Gasteiger partial charge in [-0.05, 0) is 0 Å². The van der Waals surface area contributed by atoms with Crippen LogP contribution < -0.4 is 5.56 Å². The summed E-state index contributed by atoms with van der Waals surface area (Å²) < 4.78 is 1.62. The van der Waals surface area contributed by atoms with Gasteiger partial charge in [-0.1, -0.05) is 44.7 Å². The molecule has 5 nitrogen and oxygen atoms in total. The third-order valence-electron chi connectivity index (χ3n) is 3.92. The maximum Gasteiger partial charge on any atom is 0.254 e. The number of rotatable bonds is 5. The third kappa shape index (κ3) is 3.98. The van der Waals surface area contributed by atoms with Gasteiger partial charge in [0, 0.05) is 36.9 Å². The second kappa shape index (κ2) is 7.38. The van der Waals surface area contributed by atoms with Crippen LogP contribution in [0.15, 0.2) is 41.3 Å². The molecule has 130 valence electrons. The van der Waals surface area contributed by atoms with Gasteiger partial charge in [0.25, 0.3) is 5.56 Å². The predicted molar refractivity (Wildman–Crippen MR) is 98.4 cm³/mol. The van der Waals surface area contributed by atoms with Gasteiger partial charge in [0.1, 0.15) is 0 Å². The maximum absolute atomic E-state index is 12.7. The quantitative estimate of drug-likeness (QED) is 0.606. The number of hydrogen-bond acceptors (Lipinski definition) is 4. The molecule has 2 rings (SSSR count). The average molecular weight is 347 g/mol. The van der Waals surface area contributed by atoms with E-state index in [4.69, 9.17) is 0 Å². The van der Waals surface area contributed by atoms with Crippen molar-refractivity contribution < 1.29 is 4.79 Å². The highest BCUT2D eigenvalue weighted by Crippen LogP contribution is 2.28. The monoisotopic (exact) mass is 347 g/mol. The lowest BCUT2D eigenvalue weighted by molar-refractivity contribution is -0.134. The average Bonchev–Trinajstić information content (AvgIpc) is 2.53. The summed E-state index contributed by atoms with van der Waals surface area (Å²) in [5.74, 6) is 0.422. The van der Waals surface area contributed by atoms with E-state index in [1.807, 2.05) is 20.8 Å². The fraction of sp³-hybridized carbons (Fsp3) is 0.500. The minimum Gasteiger partial charge on any atom is -0.335 e. The van der Waals surface area contributed by atoms with Gasteiger partial charge in [-0.2, -0.15) is 0 Å². The minimum absolute atomic E-state index is 0.0275. The highest BCUT2D eigenvalue weighted by Gasteiger charge is 2.30. The SMILES string of the molecule is C=CCN(CC=C)C(=O)C1CSc2nc(C(C)(C)C)cc(=O)n2C1. The summed E-state index contributed by atoms with van der Waals surface area (Å²) in [5, 5.41) is 0.704. The first kappa shape index (κ1) is 18.5. The topological polar surface area (TPSA) is 55.2 Å². The third-order valence-corrected chi connectivity index (χ3v) is 5.06. The summed E-state index contributed by atoms with van der Waals surface area (Å²) in [6.07, 6.45) is 3.41. The van der Waals surface area contributed by atoms with E-state index in [0.29, 0.717) is 30.5 Å². The summed E-state index contributed by atoms with van der Waals surface area (Å²) in [4.78, 5) is 31.5. The lowest BCUT2D eigenvalue weighted by atomic mass is 9.92. The van der Waals surface area contributed by atoms with Crippen molar-refractivity contribution in [1.82, 2.24) is 14.5 Å². The van der Waals surface area contributed by atoms with Crippen LogP contribution in [-0.2, 0) is 16.8 Å². The first-order valence-corrected chi connectivity index (χ1v) is 9.02. The van der Waals surface area contributed by atoms with Gasteiger partial charge < -0.3 is 4.90 Å². The van der Waals surface area contributed by atoms with Gasteiger partial charge in [0.05, 0.1) is 11.6 Å². The van der Waals surface area contributed by atoms with Crippen LogP contribution in [0.4, 0.5) is 0 Å². The van der Waals surface area contributed by atoms with Gasteiger partial charge >= 0.3 is 0 Å². The molecule has 1 aromatic rings. The van der Waals surface area contributed by atoms with Crippen LogP contribution in [0.5, 0.6) is 0 Å². The van der Waals surface area contributed by atoms with Crippen LogP contribution in [-0.4, -0.2) is 39.2 Å². The lowest BCUT2D eigenvalue weighted by Gasteiger charge is -2.30. The standard InChI is InChI=1S/C18H25N3O2S/c1-6-8-20(9-7-2)16(23)13-11-21-15(22)10-14(18(3,4)5)19-17(21)24-12-13/h6-7,10,13H,1-2,8-9,11-12H2,3-5H3. The molecular formula is C18H25N3O2S. The van der Waals surface area contributed by atoms with Crippen molar-refractivity contribution in [2.75, 3.05) is 18.8 Å². The first-order chi connectivity index (χ1) is 11.3. The molecular weight excluding hydrogens is 322 g/mol. The first-order valence-electron chi connectivity index (χ1n) is 8.03. The Kier molecular flexibility index (Phi) is 5.70. The Morgan fingerprint density at radius 3 is 2.58 bits per heavy atom. The molecule has 1 atom stereocenters. The van der Waals surface area contributed by atoms with E-state index >= 15 is 0 Å². The molecule has 0 saturated carbocycles. The number of carbonyl (C=O) groups is 1. The van der Waals surface area contributed by atoms with Crippen LogP contribution in [0.1, 0.15) is 26.5 Å². The van der Waals surface area contributed by atoms with E-state index in [9.17, 15) is 9.59 Å². The molecule has 0 bridgehead atoms. The van der Waals surface area contributed by atoms with Gasteiger partial charge in [-0.15, -0.1) is 13.2 Å². The molecule has 2 heterocycles. The van der Waals surface area contributed by atoms with Crippen molar-refractivity contribution >= 4 is 17.7 Å². The van der Waals surface area contributed by atoms with Crippen molar-refractivity contribution in [3.05, 3.63) is 47.4 Å². The largest absolute Gasteiger partial charge is 0.335 e. The number of hydrogen-bond donors (Lipinski definition) is 0. The molecule has 0 fully saturated rings. The maximum atomic E-state index is 12.7. The van der Waals surface area contributed by atoms with E-state index in [0.717, 1.165) is 5.69 Å². The molecule has 0 aromatic carbocycles. The van der Waals surface area contributed by atoms with E-state index in [-0.39, 0.29) is 22.8 Å². The second-order valence-corrected chi connectivity index (χ2v) is 7.94. The van der Waals surface area contributed by atoms with Crippen LogP contribution in [0, 0.1) is 5.92 Å². The smallest absolute Gasteiger partial charge is 0.254 e. The number of nitrogens with zero attached hydrogens (tertiary/aromatic N) is 3. The Balaban J connectivity index is 2.26. The van der Waals surface area contributed by atoms with E-state index < -0.39 is 0 Å². The molecule has 0 radical (unpaired) electrons. The Morgan fingerprint density at radius 1 is 1.42 bits per heavy atom. The zero-order chi connectivity index (χ0) is 17.9. The Hall–Kier alpha value is -1.82. The van der Waals surface area contributed by atoms with Crippen LogP contribution in [0.2, 0.25) is 0 Å². The van der Waals surface area contributed by atoms with Gasteiger partial charge in [0.15, 0.2) is 5.16 Å². The Morgan fingerprint density at radius 2 is 2.04 bits per heavy atom. The molecule has 1 aliphatic rings. The predicted octanol–water partition coefficient (Wildman–Crippen LogP) is 2.46. The summed E-state index contributed by atoms with van der Waals surface area (Å²) in [6, 6.07) is 1.59. The van der Waals surface area contributed by atoms with Crippen LogP contribution in [0.3, 0.4) is 0 Å². The van der Waals surface area contributed by atoms with E-state index in [2.05, 4.69) is 18.1 Å². The second-order valence-electron chi connectivity index (χ2n) is 6.95. The molecule has 0 spiro atoms. The van der Waals surface area contributed by atoms with Crippen molar-refractivity contribution in [3.63, 3.8) is 0 Å². The minimum atomic E-state index is -0.234. The molecule has 0 N–H and O–H groups in total. The molecule has 1 amide bonds. The number of carbonyl (C=O) groups excluding carboxylic acids is 1. The van der Waals surface area contributed by atoms with Gasteiger partial charge in [-0.25, -0.2) is 4.98 Å². The van der Waals surface area contributed by atoms with Crippen LogP contribution in [0.25, 0.3) is 0 Å². The van der Waals surface area contributed by atoms with E-state index in [1.165, 1.54) is 11.8 Å². The lowest BCUT2D eigenvalue weighted by Crippen LogP contribution is -2.42. The Bertz CT molecular complexity index is 693. The van der Waals surface area contributed by atoms with Crippen molar-refractivity contribution in [2.24, 2.45) is 5.92 Å². The Labute approximate surface area is 147 Å². The summed E-state index contributed by atoms with van der Waals surface area (Å²) in [5.41, 5.74) is 0.525. The zero-order valence-corrected chi connectivity index (χ0v) is 15.4. The van der Waals surface area contributed by atoms with Crippen molar-refractivity contribution in [3.8, 4) is 0 Å². The molecule has 24 heavy (non-hydrogen) atoms. The zero-order valence-electron chi connectivity index (χ0n) is 14.6. The highest BCUT2D eigenvalue weighted by atomic mass is 32.2. The van der Waals surface area contributed by atoms with Gasteiger partial charge in [0.2, 0.25) is 5.91 Å². The summed E-state index contributed by atoms with van der Waals surface area (Å²) in [7, 11) is 0. The van der Waals surface area contributed by atoms with Gasteiger partial charge in [-0.3, -0.25) is 14.2 Å². The van der Waals surface area contributed by atoms with E-state index in [1.54, 1.807) is 27.7 Å². The summed E-state index contributed by atoms with van der Waals surface area (Å²) >= 11 is 1.48. The fourth-order valence-corrected chi connectivity index (χ4v) is 3.65. The molecule has 1 aromatic heterocycles.